The second kappa shape index (κ2) is 7.86. The summed E-state index contributed by atoms with van der Waals surface area (Å²) in [4.78, 5) is 19.8. The molecule has 1 aromatic heterocycles. The number of allylic oxidation sites excluding steroid dienone is 2. The summed E-state index contributed by atoms with van der Waals surface area (Å²) in [6.45, 7) is 1.47. The molecule has 0 spiro atoms. The minimum atomic E-state index is 0.139. The lowest BCUT2D eigenvalue weighted by molar-refractivity contribution is -0.134. The van der Waals surface area contributed by atoms with Crippen molar-refractivity contribution in [1.29, 1.82) is 0 Å². The minimum Gasteiger partial charge on any atom is -0.336 e. The fourth-order valence-electron chi connectivity index (χ4n) is 4.02. The summed E-state index contributed by atoms with van der Waals surface area (Å²) in [5.74, 6) is 1.40. The van der Waals surface area contributed by atoms with Gasteiger partial charge in [0.2, 0.25) is 5.91 Å². The van der Waals surface area contributed by atoms with Gasteiger partial charge in [0, 0.05) is 18.7 Å². The van der Waals surface area contributed by atoms with E-state index in [0.717, 1.165) is 31.5 Å². The van der Waals surface area contributed by atoms with Gasteiger partial charge in [-0.05, 0) is 55.2 Å². The third-order valence-electron chi connectivity index (χ3n) is 5.58. The summed E-state index contributed by atoms with van der Waals surface area (Å²) in [7, 11) is 0. The second-order valence-corrected chi connectivity index (χ2v) is 7.55. The Bertz CT molecular complexity index is 756. The molecule has 1 saturated carbocycles. The van der Waals surface area contributed by atoms with E-state index in [2.05, 4.69) is 46.3 Å². The van der Waals surface area contributed by atoms with Crippen molar-refractivity contribution in [2.24, 2.45) is 11.8 Å². The second-order valence-electron chi connectivity index (χ2n) is 7.55. The number of carbonyl (C=O) groups excluding carboxylic acids is 1. The summed E-state index contributed by atoms with van der Waals surface area (Å²) in [6.07, 6.45) is 10.7. The van der Waals surface area contributed by atoms with E-state index in [0.29, 0.717) is 24.3 Å². The van der Waals surface area contributed by atoms with Gasteiger partial charge in [0.15, 0.2) is 0 Å². The number of hydrogen-bond acceptors (Lipinski definition) is 2. The molecule has 3 heteroatoms. The molecule has 1 fully saturated rings. The van der Waals surface area contributed by atoms with Crippen molar-refractivity contribution in [1.82, 2.24) is 9.88 Å². The van der Waals surface area contributed by atoms with Crippen LogP contribution in [0.1, 0.15) is 42.9 Å². The predicted molar refractivity (Wildman–Crippen MR) is 103 cm³/mol. The SMILES string of the molecule is O=C([C@@H]1C[C@H]1c1ccccc1)N(Cc1ccccn1)C[C@@H]1CC=CCC1. The first-order chi connectivity index (χ1) is 12.8. The summed E-state index contributed by atoms with van der Waals surface area (Å²) >= 11 is 0. The summed E-state index contributed by atoms with van der Waals surface area (Å²) in [6, 6.07) is 16.4. The van der Waals surface area contributed by atoms with Gasteiger partial charge in [-0.25, -0.2) is 0 Å². The monoisotopic (exact) mass is 346 g/mol. The molecule has 1 heterocycles. The zero-order valence-corrected chi connectivity index (χ0v) is 15.1. The number of hydrogen-bond donors (Lipinski definition) is 0. The van der Waals surface area contributed by atoms with Crippen LogP contribution in [-0.2, 0) is 11.3 Å². The molecule has 3 atom stereocenters. The Hall–Kier alpha value is -2.42. The van der Waals surface area contributed by atoms with E-state index in [1.54, 1.807) is 0 Å². The molecular weight excluding hydrogens is 320 g/mol. The van der Waals surface area contributed by atoms with Crippen molar-refractivity contribution in [3.63, 3.8) is 0 Å². The van der Waals surface area contributed by atoms with Gasteiger partial charge in [0.05, 0.1) is 12.2 Å². The summed E-state index contributed by atoms with van der Waals surface area (Å²) in [5.41, 5.74) is 2.27. The topological polar surface area (TPSA) is 33.2 Å². The van der Waals surface area contributed by atoms with Crippen molar-refractivity contribution in [2.45, 2.75) is 38.1 Å². The molecule has 0 bridgehead atoms. The molecule has 134 valence electrons. The van der Waals surface area contributed by atoms with Gasteiger partial charge in [-0.1, -0.05) is 48.6 Å². The fraction of sp³-hybridized carbons (Fsp3) is 0.391. The maximum Gasteiger partial charge on any atom is 0.226 e. The quantitative estimate of drug-likeness (QED) is 0.718. The van der Waals surface area contributed by atoms with Crippen LogP contribution in [0.2, 0.25) is 0 Å². The molecule has 3 nitrogen and oxygen atoms in total. The highest BCUT2D eigenvalue weighted by molar-refractivity contribution is 5.83. The number of rotatable bonds is 6. The van der Waals surface area contributed by atoms with Crippen LogP contribution in [0.5, 0.6) is 0 Å². The smallest absolute Gasteiger partial charge is 0.226 e. The highest BCUT2D eigenvalue weighted by atomic mass is 16.2. The van der Waals surface area contributed by atoms with E-state index in [9.17, 15) is 4.79 Å². The van der Waals surface area contributed by atoms with E-state index in [-0.39, 0.29) is 5.92 Å². The minimum absolute atomic E-state index is 0.139. The maximum atomic E-state index is 13.2. The van der Waals surface area contributed by atoms with E-state index in [1.807, 2.05) is 30.5 Å². The number of benzene rings is 1. The number of pyridine rings is 1. The molecular formula is C23H26N2O. The van der Waals surface area contributed by atoms with Crippen LogP contribution in [0.3, 0.4) is 0 Å². The third-order valence-corrected chi connectivity index (χ3v) is 5.58. The van der Waals surface area contributed by atoms with Gasteiger partial charge in [-0.15, -0.1) is 0 Å². The van der Waals surface area contributed by atoms with Crippen molar-refractivity contribution in [2.75, 3.05) is 6.54 Å². The predicted octanol–water partition coefficient (Wildman–Crippen LogP) is 4.57. The van der Waals surface area contributed by atoms with E-state index in [1.165, 1.54) is 12.0 Å². The molecule has 26 heavy (non-hydrogen) atoms. The third kappa shape index (κ3) is 4.04. The van der Waals surface area contributed by atoms with Crippen LogP contribution in [-0.4, -0.2) is 22.3 Å². The maximum absolute atomic E-state index is 13.2. The molecule has 1 aromatic carbocycles. The Morgan fingerprint density at radius 1 is 1.08 bits per heavy atom. The molecule has 2 aromatic rings. The molecule has 1 amide bonds. The average molecular weight is 346 g/mol. The first-order valence-corrected chi connectivity index (χ1v) is 9.70. The number of amides is 1. The Kier molecular flexibility index (Phi) is 5.14. The molecule has 0 unspecified atom stereocenters. The van der Waals surface area contributed by atoms with Crippen molar-refractivity contribution >= 4 is 5.91 Å². The molecule has 2 aliphatic rings. The Morgan fingerprint density at radius 3 is 2.65 bits per heavy atom. The Balaban J connectivity index is 1.46. The van der Waals surface area contributed by atoms with Crippen molar-refractivity contribution < 1.29 is 4.79 Å². The van der Waals surface area contributed by atoms with Gasteiger partial charge in [0.1, 0.15) is 0 Å². The molecule has 4 rings (SSSR count). The number of carbonyl (C=O) groups is 1. The first-order valence-electron chi connectivity index (χ1n) is 9.70. The van der Waals surface area contributed by atoms with Gasteiger partial charge in [0.25, 0.3) is 0 Å². The number of nitrogens with zero attached hydrogens (tertiary/aromatic N) is 2. The van der Waals surface area contributed by atoms with Gasteiger partial charge in [-0.3, -0.25) is 9.78 Å². The standard InChI is InChI=1S/C23H26N2O/c26-23(22-15-21(22)19-11-5-2-6-12-19)25(16-18-9-3-1-4-10-18)17-20-13-7-8-14-24-20/h1-3,5-8,11-14,18,21-22H,4,9-10,15-17H2/t18-,21+,22-/m1/s1. The first kappa shape index (κ1) is 17.0. The highest BCUT2D eigenvalue weighted by Gasteiger charge is 2.45. The summed E-state index contributed by atoms with van der Waals surface area (Å²) in [5, 5.41) is 0. The van der Waals surface area contributed by atoms with Crippen LogP contribution in [0.25, 0.3) is 0 Å². The molecule has 2 aliphatic carbocycles. The lowest BCUT2D eigenvalue weighted by atomic mass is 9.93. The van der Waals surface area contributed by atoms with Gasteiger partial charge in [-0.2, -0.15) is 0 Å². The van der Waals surface area contributed by atoms with Gasteiger partial charge >= 0.3 is 0 Å². The highest BCUT2D eigenvalue weighted by Crippen LogP contribution is 2.48. The van der Waals surface area contributed by atoms with Crippen molar-refractivity contribution in [3.05, 3.63) is 78.1 Å². The molecule has 0 aliphatic heterocycles. The molecule has 0 saturated heterocycles. The summed E-state index contributed by atoms with van der Waals surface area (Å²) < 4.78 is 0. The Morgan fingerprint density at radius 2 is 1.92 bits per heavy atom. The zero-order valence-electron chi connectivity index (χ0n) is 15.1. The number of aromatic nitrogens is 1. The molecule has 0 N–H and O–H groups in total. The van der Waals surface area contributed by atoms with E-state index >= 15 is 0 Å². The van der Waals surface area contributed by atoms with Crippen LogP contribution in [0.4, 0.5) is 0 Å². The lowest BCUT2D eigenvalue weighted by Crippen LogP contribution is -2.36. The van der Waals surface area contributed by atoms with Crippen LogP contribution >= 0.6 is 0 Å². The largest absolute Gasteiger partial charge is 0.336 e. The lowest BCUT2D eigenvalue weighted by Gasteiger charge is -2.28. The fourth-order valence-corrected chi connectivity index (χ4v) is 4.02. The average Bonchev–Trinajstić information content (AvgIpc) is 3.50. The van der Waals surface area contributed by atoms with Crippen LogP contribution in [0, 0.1) is 11.8 Å². The van der Waals surface area contributed by atoms with Crippen molar-refractivity contribution in [3.8, 4) is 0 Å². The molecule has 0 radical (unpaired) electrons. The van der Waals surface area contributed by atoms with Gasteiger partial charge < -0.3 is 4.90 Å². The van der Waals surface area contributed by atoms with E-state index < -0.39 is 0 Å². The normalized spacial score (nSPS) is 24.2. The van der Waals surface area contributed by atoms with Crippen LogP contribution < -0.4 is 0 Å². The zero-order chi connectivity index (χ0) is 17.8. The Labute approximate surface area is 155 Å². The van der Waals surface area contributed by atoms with Crippen LogP contribution in [0.15, 0.2) is 66.9 Å². The van der Waals surface area contributed by atoms with E-state index in [4.69, 9.17) is 0 Å².